The Morgan fingerprint density at radius 3 is 1.62 bits per heavy atom. The number of methoxy groups -OCH3 is 2. The van der Waals surface area contributed by atoms with Gasteiger partial charge in [0.2, 0.25) is 0 Å². The zero-order chi connectivity index (χ0) is 9.84. The first-order chi connectivity index (χ1) is 6.28. The highest BCUT2D eigenvalue weighted by Gasteiger charge is 2.18. The van der Waals surface area contributed by atoms with Gasteiger partial charge in [0.25, 0.3) is 0 Å². The number of hydrogen-bond donors (Lipinski definition) is 0. The van der Waals surface area contributed by atoms with Crippen LogP contribution in [0.25, 0.3) is 0 Å². The molecule has 1 aromatic heterocycles. The zero-order valence-corrected chi connectivity index (χ0v) is 8.01. The van der Waals surface area contributed by atoms with Crippen molar-refractivity contribution in [3.63, 3.8) is 0 Å². The van der Waals surface area contributed by atoms with Crippen LogP contribution in [0.4, 0.5) is 0 Å². The Balaban J connectivity index is 3.33. The minimum Gasteiger partial charge on any atom is -0.491 e. The Morgan fingerprint density at radius 1 is 1.00 bits per heavy atom. The van der Waals surface area contributed by atoms with Crippen molar-refractivity contribution in [2.24, 2.45) is 0 Å². The first-order valence-electron chi connectivity index (χ1n) is 3.43. The lowest BCUT2D eigenvalue weighted by Gasteiger charge is -2.01. The number of rotatable bonds is 4. The van der Waals surface area contributed by atoms with Crippen LogP contribution in [0, 0.1) is 0 Å². The van der Waals surface area contributed by atoms with E-state index in [1.165, 1.54) is 14.2 Å². The minimum atomic E-state index is 0.324. The van der Waals surface area contributed by atoms with Crippen LogP contribution < -0.4 is 9.47 Å². The fourth-order valence-electron chi connectivity index (χ4n) is 0.977. The largest absolute Gasteiger partial charge is 0.491 e. The van der Waals surface area contributed by atoms with Crippen molar-refractivity contribution in [1.29, 1.82) is 0 Å². The summed E-state index contributed by atoms with van der Waals surface area (Å²) < 4.78 is 9.87. The highest BCUT2D eigenvalue weighted by Crippen LogP contribution is 2.39. The first kappa shape index (κ1) is 9.73. The number of thiophene rings is 1. The SMILES string of the molecule is COc1c(C=O)sc(C=O)c1OC. The van der Waals surface area contributed by atoms with Gasteiger partial charge >= 0.3 is 0 Å². The molecule has 0 fully saturated rings. The number of hydrogen-bond acceptors (Lipinski definition) is 5. The van der Waals surface area contributed by atoms with Crippen LogP contribution in [0.3, 0.4) is 0 Å². The molecule has 0 unspecified atom stereocenters. The molecule has 0 aliphatic rings. The van der Waals surface area contributed by atoms with Gasteiger partial charge in [-0.2, -0.15) is 0 Å². The van der Waals surface area contributed by atoms with E-state index in [4.69, 9.17) is 9.47 Å². The fourth-order valence-corrected chi connectivity index (χ4v) is 1.85. The molecule has 1 heterocycles. The van der Waals surface area contributed by atoms with E-state index in [1.807, 2.05) is 0 Å². The van der Waals surface area contributed by atoms with Gasteiger partial charge in [-0.1, -0.05) is 0 Å². The number of carbonyl (C=O) groups is 2. The summed E-state index contributed by atoms with van der Waals surface area (Å²) in [5.74, 6) is 0.647. The molecule has 0 aliphatic carbocycles. The van der Waals surface area contributed by atoms with Crippen molar-refractivity contribution < 1.29 is 19.1 Å². The summed E-state index contributed by atoms with van der Waals surface area (Å²) >= 11 is 1.05. The molecule has 1 rings (SSSR count). The van der Waals surface area contributed by atoms with E-state index in [-0.39, 0.29) is 0 Å². The molecule has 0 spiro atoms. The van der Waals surface area contributed by atoms with Gasteiger partial charge in [-0.25, -0.2) is 0 Å². The van der Waals surface area contributed by atoms with Crippen molar-refractivity contribution in [2.75, 3.05) is 14.2 Å². The van der Waals surface area contributed by atoms with Gasteiger partial charge in [0.15, 0.2) is 24.1 Å². The predicted octanol–water partition coefficient (Wildman–Crippen LogP) is 1.39. The lowest BCUT2D eigenvalue weighted by atomic mass is 10.3. The summed E-state index contributed by atoms with van der Waals surface area (Å²) in [5.41, 5.74) is 0. The first-order valence-corrected chi connectivity index (χ1v) is 4.25. The minimum absolute atomic E-state index is 0.324. The summed E-state index contributed by atoms with van der Waals surface area (Å²) in [5, 5.41) is 0. The van der Waals surface area contributed by atoms with E-state index in [9.17, 15) is 9.59 Å². The Labute approximate surface area is 79.1 Å². The van der Waals surface area contributed by atoms with Crippen molar-refractivity contribution in [3.05, 3.63) is 9.75 Å². The number of carbonyl (C=O) groups excluding carboxylic acids is 2. The molecule has 0 bridgehead atoms. The lowest BCUT2D eigenvalue weighted by molar-refractivity contribution is 0.111. The van der Waals surface area contributed by atoms with Crippen molar-refractivity contribution in [3.8, 4) is 11.5 Å². The van der Waals surface area contributed by atoms with Gasteiger partial charge in [0, 0.05) is 0 Å². The number of aldehydes is 2. The van der Waals surface area contributed by atoms with Crippen LogP contribution in [0.1, 0.15) is 19.3 Å². The maximum Gasteiger partial charge on any atom is 0.182 e. The molecule has 0 saturated carbocycles. The highest BCUT2D eigenvalue weighted by molar-refractivity contribution is 7.16. The van der Waals surface area contributed by atoms with Gasteiger partial charge in [0.1, 0.15) is 9.75 Å². The zero-order valence-electron chi connectivity index (χ0n) is 7.20. The highest BCUT2D eigenvalue weighted by atomic mass is 32.1. The normalized spacial score (nSPS) is 9.38. The second kappa shape index (κ2) is 4.04. The summed E-state index contributed by atoms with van der Waals surface area (Å²) in [6, 6.07) is 0. The van der Waals surface area contributed by atoms with E-state index in [1.54, 1.807) is 0 Å². The molecule has 13 heavy (non-hydrogen) atoms. The van der Waals surface area contributed by atoms with Gasteiger partial charge in [-0.05, 0) is 0 Å². The summed E-state index contributed by atoms with van der Waals surface area (Å²) in [7, 11) is 2.85. The van der Waals surface area contributed by atoms with Crippen LogP contribution in [-0.2, 0) is 0 Å². The molecule has 0 atom stereocenters. The summed E-state index contributed by atoms with van der Waals surface area (Å²) in [6.45, 7) is 0. The second-order valence-electron chi connectivity index (χ2n) is 2.13. The molecule has 0 amide bonds. The number of ether oxygens (including phenoxy) is 2. The monoisotopic (exact) mass is 200 g/mol. The maximum atomic E-state index is 10.5. The molecule has 4 nitrogen and oxygen atoms in total. The van der Waals surface area contributed by atoms with Gasteiger partial charge in [0.05, 0.1) is 14.2 Å². The van der Waals surface area contributed by atoms with Crippen LogP contribution in [-0.4, -0.2) is 26.8 Å². The molecule has 5 heteroatoms. The van der Waals surface area contributed by atoms with E-state index < -0.39 is 0 Å². The fraction of sp³-hybridized carbons (Fsp3) is 0.250. The Kier molecular flexibility index (Phi) is 3.02. The molecule has 0 aromatic carbocycles. The molecule has 70 valence electrons. The predicted molar refractivity (Wildman–Crippen MR) is 48.2 cm³/mol. The van der Waals surface area contributed by atoms with Crippen molar-refractivity contribution >= 4 is 23.9 Å². The van der Waals surface area contributed by atoms with Gasteiger partial charge in [-0.3, -0.25) is 9.59 Å². The molecular formula is C8H8O4S. The lowest BCUT2D eigenvalue weighted by Crippen LogP contribution is -1.90. The summed E-state index contributed by atoms with van der Waals surface area (Å²) in [6.07, 6.45) is 1.28. The molecular weight excluding hydrogens is 192 g/mol. The Morgan fingerprint density at radius 2 is 1.38 bits per heavy atom. The molecule has 0 aliphatic heterocycles. The van der Waals surface area contributed by atoms with Crippen LogP contribution >= 0.6 is 11.3 Å². The smallest absolute Gasteiger partial charge is 0.182 e. The van der Waals surface area contributed by atoms with Crippen molar-refractivity contribution in [1.82, 2.24) is 0 Å². The average molecular weight is 200 g/mol. The van der Waals surface area contributed by atoms with E-state index in [0.29, 0.717) is 33.8 Å². The van der Waals surface area contributed by atoms with E-state index in [2.05, 4.69) is 0 Å². The van der Waals surface area contributed by atoms with E-state index in [0.717, 1.165) is 11.3 Å². The third-order valence-electron chi connectivity index (χ3n) is 1.50. The van der Waals surface area contributed by atoms with Crippen LogP contribution in [0.5, 0.6) is 11.5 Å². The maximum absolute atomic E-state index is 10.5. The van der Waals surface area contributed by atoms with E-state index >= 15 is 0 Å². The van der Waals surface area contributed by atoms with Crippen LogP contribution in [0.2, 0.25) is 0 Å². The van der Waals surface area contributed by atoms with Crippen LogP contribution in [0.15, 0.2) is 0 Å². The quantitative estimate of drug-likeness (QED) is 0.689. The van der Waals surface area contributed by atoms with Gasteiger partial charge < -0.3 is 9.47 Å². The molecule has 0 radical (unpaired) electrons. The molecule has 1 aromatic rings. The summed E-state index contributed by atoms with van der Waals surface area (Å²) in [4.78, 5) is 21.8. The van der Waals surface area contributed by atoms with Gasteiger partial charge in [-0.15, -0.1) is 11.3 Å². The standard InChI is InChI=1S/C8H8O4S/c1-11-7-5(3-9)13-6(4-10)8(7)12-2/h3-4H,1-2H3. The average Bonchev–Trinajstić information content (AvgIpc) is 2.54. The topological polar surface area (TPSA) is 52.6 Å². The Bertz CT molecular complexity index is 299. The van der Waals surface area contributed by atoms with Crippen molar-refractivity contribution in [2.45, 2.75) is 0 Å². The third kappa shape index (κ3) is 1.55. The molecule has 0 saturated heterocycles. The molecule has 0 N–H and O–H groups in total. The Hall–Kier alpha value is -1.36. The second-order valence-corrected chi connectivity index (χ2v) is 3.22. The third-order valence-corrected chi connectivity index (χ3v) is 2.50.